The lowest BCUT2D eigenvalue weighted by Gasteiger charge is -2.35. The molecule has 1 amide bonds. The van der Waals surface area contributed by atoms with Crippen LogP contribution >= 0.6 is 0 Å². The summed E-state index contributed by atoms with van der Waals surface area (Å²) in [5.74, 6) is -0.368. The molecule has 140 valence electrons. The number of carbonyl (C=O) groups is 1. The predicted molar refractivity (Wildman–Crippen MR) is 103 cm³/mol. The van der Waals surface area contributed by atoms with Crippen LogP contribution in [-0.2, 0) is 12.1 Å². The van der Waals surface area contributed by atoms with Crippen LogP contribution in [0.5, 0.6) is 0 Å². The van der Waals surface area contributed by atoms with Gasteiger partial charge < -0.3 is 5.11 Å². The Kier molecular flexibility index (Phi) is 4.29. The Labute approximate surface area is 161 Å². The van der Waals surface area contributed by atoms with Crippen LogP contribution in [0.4, 0.5) is 11.4 Å². The standard InChI is InChI=1S/C21H17N3O4/c25-20-18-8-4-5-9-19(18)21(26,14-15-6-2-1-3-7-15)23(20)22-16-10-12-17(13-11-16)24(27)28/h1-13,22,26H,14H2/t21-/m0/s1. The molecule has 0 aliphatic carbocycles. The zero-order chi connectivity index (χ0) is 19.7. The first-order chi connectivity index (χ1) is 13.5. The summed E-state index contributed by atoms with van der Waals surface area (Å²) in [7, 11) is 0. The fraction of sp³-hybridized carbons (Fsp3) is 0.0952. The van der Waals surface area contributed by atoms with Gasteiger partial charge in [0, 0.05) is 29.7 Å². The molecule has 0 unspecified atom stereocenters. The predicted octanol–water partition coefficient (Wildman–Crippen LogP) is 3.47. The van der Waals surface area contributed by atoms with Gasteiger partial charge in [-0.25, -0.2) is 5.01 Å². The van der Waals surface area contributed by atoms with Crippen molar-refractivity contribution in [3.63, 3.8) is 0 Å². The maximum atomic E-state index is 13.0. The summed E-state index contributed by atoms with van der Waals surface area (Å²) in [6.07, 6.45) is 0.191. The summed E-state index contributed by atoms with van der Waals surface area (Å²) < 4.78 is 0. The van der Waals surface area contributed by atoms with Gasteiger partial charge in [-0.2, -0.15) is 0 Å². The van der Waals surface area contributed by atoms with Crippen molar-refractivity contribution in [1.82, 2.24) is 5.01 Å². The summed E-state index contributed by atoms with van der Waals surface area (Å²) >= 11 is 0. The quantitative estimate of drug-likeness (QED) is 0.526. The minimum absolute atomic E-state index is 0.0545. The van der Waals surface area contributed by atoms with Crippen LogP contribution in [0.15, 0.2) is 78.9 Å². The van der Waals surface area contributed by atoms with Gasteiger partial charge in [-0.1, -0.05) is 48.5 Å². The Morgan fingerprint density at radius 2 is 1.61 bits per heavy atom. The minimum atomic E-state index is -1.60. The number of nitro benzene ring substituents is 1. The number of anilines is 1. The molecule has 3 aromatic rings. The second kappa shape index (κ2) is 6.79. The fourth-order valence-electron chi connectivity index (χ4n) is 3.41. The first kappa shape index (κ1) is 17.7. The van der Waals surface area contributed by atoms with Crippen LogP contribution in [0.2, 0.25) is 0 Å². The van der Waals surface area contributed by atoms with E-state index in [0.29, 0.717) is 16.8 Å². The Balaban J connectivity index is 1.71. The fourth-order valence-corrected chi connectivity index (χ4v) is 3.41. The zero-order valence-corrected chi connectivity index (χ0v) is 14.8. The average molecular weight is 375 g/mol. The molecule has 1 heterocycles. The van der Waals surface area contributed by atoms with E-state index in [1.807, 2.05) is 30.3 Å². The first-order valence-corrected chi connectivity index (χ1v) is 8.70. The molecular weight excluding hydrogens is 358 g/mol. The largest absolute Gasteiger partial charge is 0.365 e. The summed E-state index contributed by atoms with van der Waals surface area (Å²) in [6, 6.07) is 22.0. The number of hydrogen-bond acceptors (Lipinski definition) is 5. The van der Waals surface area contributed by atoms with Crippen molar-refractivity contribution >= 4 is 17.3 Å². The van der Waals surface area contributed by atoms with Crippen LogP contribution in [0, 0.1) is 10.1 Å². The molecule has 0 spiro atoms. The molecule has 2 N–H and O–H groups in total. The summed E-state index contributed by atoms with van der Waals surface area (Å²) in [4.78, 5) is 23.3. The minimum Gasteiger partial charge on any atom is -0.365 e. The molecule has 7 heteroatoms. The van der Waals surface area contributed by atoms with Crippen molar-refractivity contribution in [2.24, 2.45) is 0 Å². The molecule has 7 nitrogen and oxygen atoms in total. The Bertz CT molecular complexity index is 1040. The van der Waals surface area contributed by atoms with Crippen molar-refractivity contribution in [2.75, 3.05) is 5.43 Å². The lowest BCUT2D eigenvalue weighted by atomic mass is 9.95. The Morgan fingerprint density at radius 3 is 2.29 bits per heavy atom. The SMILES string of the molecule is O=C1c2ccccc2[C@@](O)(Cc2ccccc2)N1Nc1ccc([N+](=O)[O-])cc1. The number of nitrogens with zero attached hydrogens (tertiary/aromatic N) is 2. The van der Waals surface area contributed by atoms with Crippen LogP contribution in [0.3, 0.4) is 0 Å². The normalized spacial score (nSPS) is 18.0. The van der Waals surface area contributed by atoms with Crippen LogP contribution in [0.25, 0.3) is 0 Å². The third-order valence-electron chi connectivity index (χ3n) is 4.77. The van der Waals surface area contributed by atoms with Gasteiger partial charge in [-0.3, -0.25) is 20.3 Å². The second-order valence-corrected chi connectivity index (χ2v) is 6.58. The van der Waals surface area contributed by atoms with Gasteiger partial charge in [0.05, 0.1) is 10.6 Å². The molecule has 0 bridgehead atoms. The van der Waals surface area contributed by atoms with E-state index in [1.54, 1.807) is 24.3 Å². The highest BCUT2D eigenvalue weighted by Gasteiger charge is 2.49. The molecule has 3 aromatic carbocycles. The van der Waals surface area contributed by atoms with E-state index in [2.05, 4.69) is 5.43 Å². The third-order valence-corrected chi connectivity index (χ3v) is 4.77. The number of carbonyl (C=O) groups excluding carboxylic acids is 1. The molecule has 0 saturated carbocycles. The summed E-state index contributed by atoms with van der Waals surface area (Å²) in [5, 5.41) is 23.6. The number of nitro groups is 1. The third kappa shape index (κ3) is 2.97. The lowest BCUT2D eigenvalue weighted by molar-refractivity contribution is -0.384. The topological polar surface area (TPSA) is 95.7 Å². The molecule has 0 aromatic heterocycles. The molecule has 4 rings (SSSR count). The van der Waals surface area contributed by atoms with Gasteiger partial charge in [-0.15, -0.1) is 0 Å². The van der Waals surface area contributed by atoms with E-state index in [0.717, 1.165) is 5.56 Å². The number of non-ortho nitro benzene ring substituents is 1. The zero-order valence-electron chi connectivity index (χ0n) is 14.8. The molecular formula is C21H17N3O4. The second-order valence-electron chi connectivity index (χ2n) is 6.58. The van der Waals surface area contributed by atoms with Crippen LogP contribution < -0.4 is 5.43 Å². The number of aliphatic hydroxyl groups is 1. The van der Waals surface area contributed by atoms with E-state index in [9.17, 15) is 20.0 Å². The average Bonchev–Trinajstić information content (AvgIpc) is 2.91. The lowest BCUT2D eigenvalue weighted by Crippen LogP contribution is -2.48. The maximum Gasteiger partial charge on any atom is 0.275 e. The van der Waals surface area contributed by atoms with Gasteiger partial charge >= 0.3 is 0 Å². The molecule has 0 saturated heterocycles. The van der Waals surface area contributed by atoms with E-state index in [1.165, 1.54) is 29.3 Å². The van der Waals surface area contributed by atoms with Gasteiger partial charge in [0.25, 0.3) is 11.6 Å². The maximum absolute atomic E-state index is 13.0. The number of hydrazine groups is 1. The molecule has 1 atom stereocenters. The highest BCUT2D eigenvalue weighted by molar-refractivity contribution is 6.00. The number of fused-ring (bicyclic) bond motifs is 1. The van der Waals surface area contributed by atoms with Crippen molar-refractivity contribution in [3.8, 4) is 0 Å². The molecule has 0 fully saturated rings. The van der Waals surface area contributed by atoms with Gasteiger partial charge in [0.1, 0.15) is 0 Å². The summed E-state index contributed by atoms with van der Waals surface area (Å²) in [5.41, 5.74) is 3.52. The molecule has 1 aliphatic rings. The number of amides is 1. The van der Waals surface area contributed by atoms with E-state index < -0.39 is 10.6 Å². The van der Waals surface area contributed by atoms with Crippen molar-refractivity contribution in [1.29, 1.82) is 0 Å². The molecule has 0 radical (unpaired) electrons. The molecule has 28 heavy (non-hydrogen) atoms. The van der Waals surface area contributed by atoms with E-state index in [-0.39, 0.29) is 18.0 Å². The van der Waals surface area contributed by atoms with Crippen molar-refractivity contribution in [2.45, 2.75) is 12.1 Å². The first-order valence-electron chi connectivity index (χ1n) is 8.70. The monoisotopic (exact) mass is 375 g/mol. The van der Waals surface area contributed by atoms with E-state index >= 15 is 0 Å². The van der Waals surface area contributed by atoms with E-state index in [4.69, 9.17) is 0 Å². The van der Waals surface area contributed by atoms with Gasteiger partial charge in [0.2, 0.25) is 0 Å². The van der Waals surface area contributed by atoms with Crippen LogP contribution in [-0.4, -0.2) is 20.9 Å². The summed E-state index contributed by atoms with van der Waals surface area (Å²) in [6.45, 7) is 0. The number of benzene rings is 3. The highest BCUT2D eigenvalue weighted by Crippen LogP contribution is 2.39. The van der Waals surface area contributed by atoms with Crippen molar-refractivity contribution in [3.05, 3.63) is 106 Å². The molecule has 1 aliphatic heterocycles. The van der Waals surface area contributed by atoms with Gasteiger partial charge in [-0.05, 0) is 23.8 Å². The smallest absolute Gasteiger partial charge is 0.275 e. The number of rotatable bonds is 5. The van der Waals surface area contributed by atoms with Gasteiger partial charge in [0.15, 0.2) is 5.72 Å². The van der Waals surface area contributed by atoms with Crippen molar-refractivity contribution < 1.29 is 14.8 Å². The Hall–Kier alpha value is -3.71. The highest BCUT2D eigenvalue weighted by atomic mass is 16.6. The number of hydrogen-bond donors (Lipinski definition) is 2. The Morgan fingerprint density at radius 1 is 0.964 bits per heavy atom. The number of nitrogens with one attached hydrogen (secondary N) is 1. The van der Waals surface area contributed by atoms with Crippen LogP contribution in [0.1, 0.15) is 21.5 Å².